The van der Waals surface area contributed by atoms with E-state index in [0.717, 1.165) is 70.9 Å². The Kier molecular flexibility index (Phi) is 7.71. The fourth-order valence-corrected chi connectivity index (χ4v) is 6.39. The number of ether oxygens (including phenoxy) is 1. The molecule has 4 aromatic heterocycles. The minimum Gasteiger partial charge on any atom is -0.421 e. The number of nitrogens with zero attached hydrogens (tertiary/aromatic N) is 4. The summed E-state index contributed by atoms with van der Waals surface area (Å²) in [6.45, 7) is 7.59. The van der Waals surface area contributed by atoms with E-state index in [1.807, 2.05) is 13.1 Å². The Bertz CT molecular complexity index is 1450. The Hall–Kier alpha value is -3.37. The number of aryl methyl sites for hydroxylation is 2. The molecule has 1 saturated heterocycles. The number of hydrogen-bond acceptors (Lipinski definition) is 9. The molecule has 38 heavy (non-hydrogen) atoms. The van der Waals surface area contributed by atoms with Gasteiger partial charge in [0, 0.05) is 43.8 Å². The van der Waals surface area contributed by atoms with Gasteiger partial charge in [-0.3, -0.25) is 9.78 Å². The second-order valence-corrected chi connectivity index (χ2v) is 11.3. The molecule has 0 atom stereocenters. The highest BCUT2D eigenvalue weighted by Gasteiger charge is 2.30. The summed E-state index contributed by atoms with van der Waals surface area (Å²) in [6.07, 6.45) is 6.18. The van der Waals surface area contributed by atoms with Crippen LogP contribution in [-0.2, 0) is 17.6 Å². The lowest BCUT2D eigenvalue weighted by molar-refractivity contribution is 0.0639. The number of pyridine rings is 2. The molecule has 5 rings (SSSR count). The zero-order valence-electron chi connectivity index (χ0n) is 22.3. The zero-order valence-corrected chi connectivity index (χ0v) is 23.2. The van der Waals surface area contributed by atoms with Crippen molar-refractivity contribution in [1.29, 1.82) is 0 Å². The van der Waals surface area contributed by atoms with Crippen molar-refractivity contribution in [3.05, 3.63) is 41.2 Å². The molecule has 1 aliphatic heterocycles. The number of rotatable bonds is 9. The first-order chi connectivity index (χ1) is 18.4. The van der Waals surface area contributed by atoms with Crippen LogP contribution in [0.5, 0.6) is 0 Å². The van der Waals surface area contributed by atoms with Crippen molar-refractivity contribution in [3.63, 3.8) is 0 Å². The predicted octanol–water partition coefficient (Wildman–Crippen LogP) is 5.42. The van der Waals surface area contributed by atoms with Crippen LogP contribution >= 0.6 is 11.3 Å². The lowest BCUT2D eigenvalue weighted by Crippen LogP contribution is -2.20. The fraction of sp³-hybridized carbons (Fsp3) is 0.464. The molecule has 0 bridgehead atoms. The normalized spacial score (nSPS) is 14.4. The molecule has 3 N–H and O–H groups in total. The maximum absolute atomic E-state index is 13.1. The first-order valence-corrected chi connectivity index (χ1v) is 14.0. The van der Waals surface area contributed by atoms with E-state index in [-0.39, 0.29) is 5.92 Å². The van der Waals surface area contributed by atoms with E-state index in [0.29, 0.717) is 40.9 Å². The lowest BCUT2D eigenvalue weighted by atomic mass is 9.89. The van der Waals surface area contributed by atoms with Gasteiger partial charge < -0.3 is 20.2 Å². The summed E-state index contributed by atoms with van der Waals surface area (Å²) in [6, 6.07) is 4.05. The first kappa shape index (κ1) is 26.2. The van der Waals surface area contributed by atoms with Crippen LogP contribution in [-0.4, -0.2) is 46.3 Å². The van der Waals surface area contributed by atoms with Gasteiger partial charge >= 0.3 is 0 Å². The smallest absolute Gasteiger partial charge is 0.251 e. The van der Waals surface area contributed by atoms with E-state index in [9.17, 15) is 4.79 Å². The van der Waals surface area contributed by atoms with Crippen LogP contribution < -0.4 is 11.1 Å². The van der Waals surface area contributed by atoms with Crippen LogP contribution in [0.15, 0.2) is 22.7 Å². The molecular formula is C28H34N6O3S. The van der Waals surface area contributed by atoms with Gasteiger partial charge in [-0.05, 0) is 61.5 Å². The summed E-state index contributed by atoms with van der Waals surface area (Å²) in [4.78, 5) is 23.6. The van der Waals surface area contributed by atoms with Crippen molar-refractivity contribution in [1.82, 2.24) is 20.2 Å². The molecule has 10 heteroatoms. The van der Waals surface area contributed by atoms with E-state index in [4.69, 9.17) is 19.9 Å². The number of carbonyl (C=O) groups excluding carboxylic acids is 1. The Morgan fingerprint density at radius 1 is 1.21 bits per heavy atom. The lowest BCUT2D eigenvalue weighted by Gasteiger charge is -2.23. The van der Waals surface area contributed by atoms with Crippen molar-refractivity contribution in [2.45, 2.75) is 52.9 Å². The SMILES string of the molecule is CNc1nccc2cc(-c3c(C(N)=O)c(CC(C)C)nc(CCC4CCOCC4)c3-c3nnc(C)o3)sc12. The van der Waals surface area contributed by atoms with Gasteiger partial charge in [-0.2, -0.15) is 0 Å². The minimum absolute atomic E-state index is 0.288. The van der Waals surface area contributed by atoms with Crippen LogP contribution in [0, 0.1) is 18.8 Å². The third kappa shape index (κ3) is 5.28. The molecule has 9 nitrogen and oxygen atoms in total. The van der Waals surface area contributed by atoms with Gasteiger partial charge in [0.2, 0.25) is 11.8 Å². The monoisotopic (exact) mass is 534 g/mol. The van der Waals surface area contributed by atoms with E-state index in [1.165, 1.54) is 0 Å². The van der Waals surface area contributed by atoms with Crippen LogP contribution in [0.25, 0.3) is 32.0 Å². The number of nitrogens with two attached hydrogens (primary N) is 1. The van der Waals surface area contributed by atoms with Gasteiger partial charge in [0.15, 0.2) is 0 Å². The summed E-state index contributed by atoms with van der Waals surface area (Å²) < 4.78 is 12.6. The van der Waals surface area contributed by atoms with Crippen LogP contribution in [0.1, 0.15) is 60.7 Å². The highest BCUT2D eigenvalue weighted by molar-refractivity contribution is 7.22. The van der Waals surface area contributed by atoms with Crippen molar-refractivity contribution < 1.29 is 13.9 Å². The quantitative estimate of drug-likeness (QED) is 0.291. The van der Waals surface area contributed by atoms with Gasteiger partial charge in [0.1, 0.15) is 5.82 Å². The average Bonchev–Trinajstić information content (AvgIpc) is 3.53. The molecule has 0 unspecified atom stereocenters. The van der Waals surface area contributed by atoms with E-state index in [1.54, 1.807) is 24.5 Å². The molecule has 0 radical (unpaired) electrons. The second-order valence-electron chi connectivity index (χ2n) is 10.3. The summed E-state index contributed by atoms with van der Waals surface area (Å²) in [5.41, 5.74) is 9.51. The molecule has 1 aliphatic rings. The molecule has 0 saturated carbocycles. The summed E-state index contributed by atoms with van der Waals surface area (Å²) in [5.74, 6) is 1.92. The van der Waals surface area contributed by atoms with Crippen molar-refractivity contribution in [3.8, 4) is 21.9 Å². The van der Waals surface area contributed by atoms with Gasteiger partial charge in [-0.15, -0.1) is 21.5 Å². The van der Waals surface area contributed by atoms with Crippen molar-refractivity contribution in [2.75, 3.05) is 25.6 Å². The molecular weight excluding hydrogens is 500 g/mol. The molecule has 1 fully saturated rings. The molecule has 1 amide bonds. The number of anilines is 1. The van der Waals surface area contributed by atoms with Crippen LogP contribution in [0.3, 0.4) is 0 Å². The number of primary amides is 1. The Morgan fingerprint density at radius 3 is 2.66 bits per heavy atom. The minimum atomic E-state index is -0.513. The number of nitrogens with one attached hydrogen (secondary N) is 1. The predicted molar refractivity (Wildman–Crippen MR) is 149 cm³/mol. The molecule has 5 heterocycles. The summed E-state index contributed by atoms with van der Waals surface area (Å²) >= 11 is 1.56. The molecule has 0 aromatic carbocycles. The highest BCUT2D eigenvalue weighted by Crippen LogP contribution is 2.44. The van der Waals surface area contributed by atoms with Gasteiger partial charge in [0.05, 0.1) is 27.2 Å². The van der Waals surface area contributed by atoms with Crippen LogP contribution in [0.4, 0.5) is 5.82 Å². The largest absolute Gasteiger partial charge is 0.421 e. The van der Waals surface area contributed by atoms with Crippen molar-refractivity contribution >= 4 is 33.1 Å². The Labute approximate surface area is 226 Å². The van der Waals surface area contributed by atoms with Crippen molar-refractivity contribution in [2.24, 2.45) is 17.6 Å². The molecule has 200 valence electrons. The number of amides is 1. The number of carbonyl (C=O) groups is 1. The number of hydrogen-bond donors (Lipinski definition) is 2. The fourth-order valence-electron chi connectivity index (χ4n) is 5.19. The van der Waals surface area contributed by atoms with Gasteiger partial charge in [-0.25, -0.2) is 4.98 Å². The maximum atomic E-state index is 13.1. The number of thiophene rings is 1. The first-order valence-electron chi connectivity index (χ1n) is 13.2. The number of aromatic nitrogens is 4. The van der Waals surface area contributed by atoms with Crippen LogP contribution in [0.2, 0.25) is 0 Å². The Balaban J connectivity index is 1.78. The van der Waals surface area contributed by atoms with E-state index < -0.39 is 5.91 Å². The summed E-state index contributed by atoms with van der Waals surface area (Å²) in [7, 11) is 1.85. The van der Waals surface area contributed by atoms with E-state index in [2.05, 4.69) is 40.4 Å². The highest BCUT2D eigenvalue weighted by atomic mass is 32.1. The third-order valence-corrected chi connectivity index (χ3v) is 8.16. The third-order valence-electron chi connectivity index (χ3n) is 6.98. The molecule has 0 aliphatic carbocycles. The zero-order chi connectivity index (χ0) is 26.8. The average molecular weight is 535 g/mol. The second kappa shape index (κ2) is 11.2. The molecule has 0 spiro atoms. The Morgan fingerprint density at radius 2 is 2.00 bits per heavy atom. The topological polar surface area (TPSA) is 129 Å². The molecule has 4 aromatic rings. The maximum Gasteiger partial charge on any atom is 0.251 e. The summed E-state index contributed by atoms with van der Waals surface area (Å²) in [5, 5.41) is 12.7. The van der Waals surface area contributed by atoms with Gasteiger partial charge in [0.25, 0.3) is 5.91 Å². The number of fused-ring (bicyclic) bond motifs is 1. The van der Waals surface area contributed by atoms with E-state index >= 15 is 0 Å². The van der Waals surface area contributed by atoms with Gasteiger partial charge in [-0.1, -0.05) is 13.8 Å². The standard InChI is InChI=1S/C28H34N6O3S/c1-15(2)13-20-22(26(29)35)24(21-14-18-7-10-31-27(30-4)25(18)38-21)23(28-34-33-16(3)37-28)19(32-20)6-5-17-8-11-36-12-9-17/h7,10,14-15,17H,5-6,8-9,11-13H2,1-4H3,(H2,29,35)(H,30,31).